The van der Waals surface area contributed by atoms with Crippen LogP contribution in [0.5, 0.6) is 0 Å². The average molecular weight is 256 g/mol. The van der Waals surface area contributed by atoms with Crippen molar-refractivity contribution in [2.24, 2.45) is 0 Å². The summed E-state index contributed by atoms with van der Waals surface area (Å²) in [6, 6.07) is -0.0667. The predicted octanol–water partition coefficient (Wildman–Crippen LogP) is 1.74. The van der Waals surface area contributed by atoms with E-state index < -0.39 is 0 Å². The molecule has 0 N–H and O–H groups in total. The number of carbonyl (C=O) groups excluding carboxylic acids is 1. The SMILES string of the molecule is CCCC(C(=O)OCC)N1CCN(C)C(C)(C)C1. The van der Waals surface area contributed by atoms with Crippen LogP contribution in [0.2, 0.25) is 0 Å². The first-order chi connectivity index (χ1) is 8.42. The summed E-state index contributed by atoms with van der Waals surface area (Å²) in [5.74, 6) is -0.0558. The highest BCUT2D eigenvalue weighted by molar-refractivity contribution is 5.75. The molecule has 0 radical (unpaired) electrons. The Balaban J connectivity index is 2.71. The third-order valence-corrected chi connectivity index (χ3v) is 3.91. The van der Waals surface area contributed by atoms with E-state index in [1.807, 2.05) is 6.92 Å². The molecular formula is C14H28N2O2. The van der Waals surface area contributed by atoms with Gasteiger partial charge in [-0.2, -0.15) is 0 Å². The van der Waals surface area contributed by atoms with Gasteiger partial charge in [-0.15, -0.1) is 0 Å². The Hall–Kier alpha value is -0.610. The van der Waals surface area contributed by atoms with E-state index in [1.165, 1.54) is 0 Å². The fourth-order valence-electron chi connectivity index (χ4n) is 2.51. The standard InChI is InChI=1S/C14H28N2O2/c1-6-8-12(13(17)18-7-2)16-10-9-15(5)14(3,4)11-16/h12H,6-11H2,1-5H3. The van der Waals surface area contributed by atoms with Gasteiger partial charge in [0.2, 0.25) is 0 Å². The molecule has 0 aromatic rings. The van der Waals surface area contributed by atoms with Crippen molar-refractivity contribution < 1.29 is 9.53 Å². The smallest absolute Gasteiger partial charge is 0.323 e. The normalized spacial score (nSPS) is 22.7. The van der Waals surface area contributed by atoms with Crippen molar-refractivity contribution in [1.82, 2.24) is 9.80 Å². The van der Waals surface area contributed by atoms with Crippen LogP contribution in [0, 0.1) is 0 Å². The number of likely N-dealkylation sites (N-methyl/N-ethyl adjacent to an activating group) is 1. The fourth-order valence-corrected chi connectivity index (χ4v) is 2.51. The Morgan fingerprint density at radius 2 is 2.00 bits per heavy atom. The van der Waals surface area contributed by atoms with Gasteiger partial charge in [0.1, 0.15) is 6.04 Å². The number of carbonyl (C=O) groups is 1. The first-order valence-corrected chi connectivity index (χ1v) is 7.04. The molecule has 4 heteroatoms. The second-order valence-corrected chi connectivity index (χ2v) is 5.76. The van der Waals surface area contributed by atoms with Crippen molar-refractivity contribution in [1.29, 1.82) is 0 Å². The van der Waals surface area contributed by atoms with Gasteiger partial charge in [-0.3, -0.25) is 14.6 Å². The Kier molecular flexibility index (Phi) is 5.60. The lowest BCUT2D eigenvalue weighted by atomic mass is 9.97. The van der Waals surface area contributed by atoms with Gasteiger partial charge in [0.25, 0.3) is 0 Å². The highest BCUT2D eigenvalue weighted by Gasteiger charge is 2.36. The van der Waals surface area contributed by atoms with Crippen LogP contribution in [0.25, 0.3) is 0 Å². The van der Waals surface area contributed by atoms with Crippen molar-refractivity contribution in [3.63, 3.8) is 0 Å². The number of esters is 1. The van der Waals surface area contributed by atoms with Crippen molar-refractivity contribution in [2.45, 2.75) is 52.1 Å². The highest BCUT2D eigenvalue weighted by atomic mass is 16.5. The summed E-state index contributed by atoms with van der Waals surface area (Å²) >= 11 is 0. The van der Waals surface area contributed by atoms with Crippen LogP contribution < -0.4 is 0 Å². The van der Waals surface area contributed by atoms with E-state index in [9.17, 15) is 4.79 Å². The second kappa shape index (κ2) is 6.53. The number of nitrogens with zero attached hydrogens (tertiary/aromatic N) is 2. The molecule has 1 fully saturated rings. The summed E-state index contributed by atoms with van der Waals surface area (Å²) in [5.41, 5.74) is 0.122. The maximum absolute atomic E-state index is 12.0. The zero-order valence-corrected chi connectivity index (χ0v) is 12.5. The van der Waals surface area contributed by atoms with Crippen LogP contribution in [0.15, 0.2) is 0 Å². The molecule has 0 aromatic heterocycles. The Labute approximate surface area is 111 Å². The van der Waals surface area contributed by atoms with E-state index in [0.717, 1.165) is 32.5 Å². The molecule has 0 aromatic carbocycles. The van der Waals surface area contributed by atoms with Crippen LogP contribution >= 0.6 is 0 Å². The van der Waals surface area contributed by atoms with Crippen molar-refractivity contribution in [2.75, 3.05) is 33.3 Å². The maximum atomic E-state index is 12.0. The van der Waals surface area contributed by atoms with Gasteiger partial charge >= 0.3 is 5.97 Å². The summed E-state index contributed by atoms with van der Waals surface area (Å²) in [6.45, 7) is 11.8. The molecule has 0 spiro atoms. The van der Waals surface area contributed by atoms with E-state index in [0.29, 0.717) is 6.61 Å². The molecule has 1 aliphatic rings. The van der Waals surface area contributed by atoms with Crippen LogP contribution in [0.3, 0.4) is 0 Å². The predicted molar refractivity (Wildman–Crippen MR) is 73.6 cm³/mol. The summed E-state index contributed by atoms with van der Waals surface area (Å²) < 4.78 is 5.21. The lowest BCUT2D eigenvalue weighted by Crippen LogP contribution is -2.61. The van der Waals surface area contributed by atoms with E-state index in [4.69, 9.17) is 4.74 Å². The molecule has 1 aliphatic heterocycles. The van der Waals surface area contributed by atoms with Gasteiger partial charge in [0, 0.05) is 25.2 Å². The highest BCUT2D eigenvalue weighted by Crippen LogP contribution is 2.22. The van der Waals surface area contributed by atoms with Crippen molar-refractivity contribution >= 4 is 5.97 Å². The zero-order valence-electron chi connectivity index (χ0n) is 12.5. The average Bonchev–Trinajstić information content (AvgIpc) is 2.30. The third-order valence-electron chi connectivity index (χ3n) is 3.91. The zero-order chi connectivity index (χ0) is 13.8. The summed E-state index contributed by atoms with van der Waals surface area (Å²) in [5, 5.41) is 0. The first kappa shape index (κ1) is 15.4. The van der Waals surface area contributed by atoms with E-state index in [1.54, 1.807) is 0 Å². The largest absolute Gasteiger partial charge is 0.465 e. The van der Waals surface area contributed by atoms with E-state index in [-0.39, 0.29) is 17.6 Å². The number of rotatable bonds is 5. The molecule has 1 atom stereocenters. The molecule has 0 aliphatic carbocycles. The summed E-state index contributed by atoms with van der Waals surface area (Å²) in [6.07, 6.45) is 1.90. The third kappa shape index (κ3) is 3.69. The molecule has 106 valence electrons. The molecule has 0 bridgehead atoms. The number of hydrogen-bond acceptors (Lipinski definition) is 4. The van der Waals surface area contributed by atoms with Gasteiger partial charge in [-0.25, -0.2) is 0 Å². The van der Waals surface area contributed by atoms with Crippen LogP contribution in [0.4, 0.5) is 0 Å². The minimum atomic E-state index is -0.0667. The minimum absolute atomic E-state index is 0.0558. The summed E-state index contributed by atoms with van der Waals surface area (Å²) in [4.78, 5) is 16.7. The lowest BCUT2D eigenvalue weighted by Gasteiger charge is -2.47. The monoisotopic (exact) mass is 256 g/mol. The minimum Gasteiger partial charge on any atom is -0.465 e. The Morgan fingerprint density at radius 3 is 2.50 bits per heavy atom. The molecule has 4 nitrogen and oxygen atoms in total. The summed E-state index contributed by atoms with van der Waals surface area (Å²) in [7, 11) is 2.15. The fraction of sp³-hybridized carbons (Fsp3) is 0.929. The molecular weight excluding hydrogens is 228 g/mol. The molecule has 1 unspecified atom stereocenters. The van der Waals surface area contributed by atoms with Crippen LogP contribution in [-0.4, -0.2) is 60.6 Å². The van der Waals surface area contributed by atoms with Gasteiger partial charge in [-0.05, 0) is 34.2 Å². The number of piperazine rings is 1. The maximum Gasteiger partial charge on any atom is 0.323 e. The molecule has 1 rings (SSSR count). The van der Waals surface area contributed by atoms with Gasteiger partial charge in [0.15, 0.2) is 0 Å². The Morgan fingerprint density at radius 1 is 1.33 bits per heavy atom. The first-order valence-electron chi connectivity index (χ1n) is 7.04. The van der Waals surface area contributed by atoms with Crippen molar-refractivity contribution in [3.05, 3.63) is 0 Å². The van der Waals surface area contributed by atoms with Crippen molar-refractivity contribution in [3.8, 4) is 0 Å². The molecule has 1 heterocycles. The van der Waals surface area contributed by atoms with Gasteiger partial charge in [0.05, 0.1) is 6.61 Å². The Bertz CT molecular complexity index is 279. The quantitative estimate of drug-likeness (QED) is 0.702. The van der Waals surface area contributed by atoms with E-state index in [2.05, 4.69) is 37.6 Å². The van der Waals surface area contributed by atoms with Crippen LogP contribution in [0.1, 0.15) is 40.5 Å². The van der Waals surface area contributed by atoms with E-state index >= 15 is 0 Å². The lowest BCUT2D eigenvalue weighted by molar-refractivity contribution is -0.151. The molecule has 0 saturated carbocycles. The van der Waals surface area contributed by atoms with Gasteiger partial charge < -0.3 is 4.74 Å². The number of hydrogen-bond donors (Lipinski definition) is 0. The van der Waals surface area contributed by atoms with Gasteiger partial charge in [-0.1, -0.05) is 13.3 Å². The second-order valence-electron chi connectivity index (χ2n) is 5.76. The molecule has 1 saturated heterocycles. The number of ether oxygens (including phenoxy) is 1. The molecule has 18 heavy (non-hydrogen) atoms. The molecule has 0 amide bonds. The van der Waals surface area contributed by atoms with Crippen LogP contribution in [-0.2, 0) is 9.53 Å². The topological polar surface area (TPSA) is 32.8 Å².